The Balaban J connectivity index is 1.95. The van der Waals surface area contributed by atoms with Gasteiger partial charge in [0.1, 0.15) is 0 Å². The summed E-state index contributed by atoms with van der Waals surface area (Å²) in [7, 11) is 1.54. The molecule has 0 radical (unpaired) electrons. The number of methoxy groups -OCH3 is 1. The maximum atomic E-state index is 11.9. The van der Waals surface area contributed by atoms with Crippen LogP contribution in [0.5, 0.6) is 11.5 Å². The standard InChI is InChI=1S/C20H23N3O4/c1-5-27-17-9-7-15(11-18(17)26-4)12-21-23-20(25)19(24)22-16-8-6-13(2)14(3)10-16/h6-12H,5H2,1-4H3,(H,22,24)(H,23,25)/b21-12+. The van der Waals surface area contributed by atoms with Gasteiger partial charge in [0.25, 0.3) is 0 Å². The van der Waals surface area contributed by atoms with Crippen LogP contribution in [0.25, 0.3) is 0 Å². The van der Waals surface area contributed by atoms with E-state index in [0.29, 0.717) is 29.4 Å². The number of ether oxygens (including phenoxy) is 2. The second kappa shape index (κ2) is 9.38. The Hall–Kier alpha value is -3.35. The van der Waals surface area contributed by atoms with Crippen LogP contribution in [0.4, 0.5) is 5.69 Å². The number of benzene rings is 2. The first-order valence-corrected chi connectivity index (χ1v) is 8.47. The van der Waals surface area contributed by atoms with Crippen LogP contribution in [0.1, 0.15) is 23.6 Å². The SMILES string of the molecule is CCOc1ccc(/C=N/NC(=O)C(=O)Nc2ccc(C)c(C)c2)cc1OC. The zero-order chi connectivity index (χ0) is 19.8. The van der Waals surface area contributed by atoms with E-state index < -0.39 is 11.8 Å². The second-order valence-electron chi connectivity index (χ2n) is 5.80. The molecule has 0 aliphatic heterocycles. The molecule has 2 aromatic carbocycles. The lowest BCUT2D eigenvalue weighted by Gasteiger charge is -2.09. The third kappa shape index (κ3) is 5.57. The summed E-state index contributed by atoms with van der Waals surface area (Å²) in [6, 6.07) is 10.6. The van der Waals surface area contributed by atoms with Crippen LogP contribution < -0.4 is 20.2 Å². The molecule has 142 valence electrons. The Morgan fingerprint density at radius 3 is 2.48 bits per heavy atom. The smallest absolute Gasteiger partial charge is 0.329 e. The minimum absolute atomic E-state index is 0.523. The predicted octanol–water partition coefficient (Wildman–Crippen LogP) is 2.80. The Kier molecular flexibility index (Phi) is 6.93. The highest BCUT2D eigenvalue weighted by atomic mass is 16.5. The number of rotatable bonds is 6. The van der Waals surface area contributed by atoms with E-state index in [1.54, 1.807) is 30.3 Å². The van der Waals surface area contributed by atoms with Gasteiger partial charge in [-0.25, -0.2) is 5.43 Å². The second-order valence-corrected chi connectivity index (χ2v) is 5.80. The van der Waals surface area contributed by atoms with Gasteiger partial charge in [-0.2, -0.15) is 5.10 Å². The number of hydrogen-bond acceptors (Lipinski definition) is 5. The van der Waals surface area contributed by atoms with E-state index >= 15 is 0 Å². The lowest BCUT2D eigenvalue weighted by molar-refractivity contribution is -0.136. The summed E-state index contributed by atoms with van der Waals surface area (Å²) >= 11 is 0. The van der Waals surface area contributed by atoms with E-state index in [4.69, 9.17) is 9.47 Å². The number of carbonyl (C=O) groups is 2. The van der Waals surface area contributed by atoms with Crippen molar-refractivity contribution in [3.63, 3.8) is 0 Å². The molecule has 2 N–H and O–H groups in total. The van der Waals surface area contributed by atoms with Gasteiger partial charge >= 0.3 is 11.8 Å². The number of hydrogen-bond donors (Lipinski definition) is 2. The van der Waals surface area contributed by atoms with E-state index in [0.717, 1.165) is 11.1 Å². The van der Waals surface area contributed by atoms with Crippen LogP contribution in [0, 0.1) is 13.8 Å². The summed E-state index contributed by atoms with van der Waals surface area (Å²) in [6.07, 6.45) is 1.42. The summed E-state index contributed by atoms with van der Waals surface area (Å²) < 4.78 is 10.7. The van der Waals surface area contributed by atoms with Crippen LogP contribution >= 0.6 is 0 Å². The minimum Gasteiger partial charge on any atom is -0.493 e. The molecular weight excluding hydrogens is 346 g/mol. The van der Waals surface area contributed by atoms with Gasteiger partial charge in [-0.1, -0.05) is 6.07 Å². The average molecular weight is 369 g/mol. The molecule has 0 aliphatic carbocycles. The Morgan fingerprint density at radius 1 is 1.04 bits per heavy atom. The molecule has 0 atom stereocenters. The first kappa shape index (κ1) is 20.0. The van der Waals surface area contributed by atoms with Crippen LogP contribution in [0.15, 0.2) is 41.5 Å². The van der Waals surface area contributed by atoms with Crippen molar-refractivity contribution in [3.05, 3.63) is 53.1 Å². The summed E-state index contributed by atoms with van der Waals surface area (Å²) in [4.78, 5) is 23.8. The van der Waals surface area contributed by atoms with Crippen molar-refractivity contribution in [1.82, 2.24) is 5.43 Å². The quantitative estimate of drug-likeness (QED) is 0.465. The number of aryl methyl sites for hydroxylation is 2. The van der Waals surface area contributed by atoms with Crippen molar-refractivity contribution < 1.29 is 19.1 Å². The summed E-state index contributed by atoms with van der Waals surface area (Å²) in [5.41, 5.74) is 5.57. The third-order valence-corrected chi connectivity index (χ3v) is 3.84. The molecular formula is C20H23N3O4. The zero-order valence-corrected chi connectivity index (χ0v) is 15.8. The highest BCUT2D eigenvalue weighted by Gasteiger charge is 2.13. The van der Waals surface area contributed by atoms with E-state index in [-0.39, 0.29) is 0 Å². The lowest BCUT2D eigenvalue weighted by atomic mass is 10.1. The Morgan fingerprint density at radius 2 is 1.81 bits per heavy atom. The molecule has 0 aromatic heterocycles. The highest BCUT2D eigenvalue weighted by Crippen LogP contribution is 2.27. The van der Waals surface area contributed by atoms with Crippen molar-refractivity contribution >= 4 is 23.7 Å². The minimum atomic E-state index is -0.859. The van der Waals surface area contributed by atoms with Gasteiger partial charge in [0.15, 0.2) is 11.5 Å². The van der Waals surface area contributed by atoms with Crippen molar-refractivity contribution in [2.75, 3.05) is 19.0 Å². The van der Waals surface area contributed by atoms with Gasteiger partial charge < -0.3 is 14.8 Å². The molecule has 0 unspecified atom stereocenters. The van der Waals surface area contributed by atoms with Crippen LogP contribution in [0.3, 0.4) is 0 Å². The van der Waals surface area contributed by atoms with Gasteiger partial charge in [-0.05, 0) is 67.8 Å². The summed E-state index contributed by atoms with van der Waals surface area (Å²) in [6.45, 7) is 6.31. The van der Waals surface area contributed by atoms with Gasteiger partial charge in [0.05, 0.1) is 19.9 Å². The van der Waals surface area contributed by atoms with Crippen LogP contribution in [0.2, 0.25) is 0 Å². The number of nitrogens with zero attached hydrogens (tertiary/aromatic N) is 1. The molecule has 27 heavy (non-hydrogen) atoms. The average Bonchev–Trinajstić information content (AvgIpc) is 2.65. The first-order chi connectivity index (χ1) is 12.9. The van der Waals surface area contributed by atoms with Crippen LogP contribution in [-0.2, 0) is 9.59 Å². The van der Waals surface area contributed by atoms with Crippen molar-refractivity contribution in [2.45, 2.75) is 20.8 Å². The monoisotopic (exact) mass is 369 g/mol. The third-order valence-electron chi connectivity index (χ3n) is 3.84. The molecule has 0 heterocycles. The topological polar surface area (TPSA) is 89.0 Å². The van der Waals surface area contributed by atoms with Crippen LogP contribution in [-0.4, -0.2) is 31.7 Å². The molecule has 7 nitrogen and oxygen atoms in total. The fourth-order valence-electron chi connectivity index (χ4n) is 2.26. The van der Waals surface area contributed by atoms with Crippen molar-refractivity contribution in [3.8, 4) is 11.5 Å². The number of carbonyl (C=O) groups excluding carboxylic acids is 2. The normalized spacial score (nSPS) is 10.5. The number of amides is 2. The molecule has 0 aliphatic rings. The molecule has 0 saturated heterocycles. The molecule has 0 fully saturated rings. The van der Waals surface area contributed by atoms with Gasteiger partial charge in [-0.15, -0.1) is 0 Å². The van der Waals surface area contributed by atoms with E-state index in [1.807, 2.05) is 26.8 Å². The molecule has 2 rings (SSSR count). The molecule has 2 aromatic rings. The number of hydrazone groups is 1. The largest absolute Gasteiger partial charge is 0.493 e. The molecule has 7 heteroatoms. The number of anilines is 1. The van der Waals surface area contributed by atoms with E-state index in [9.17, 15) is 9.59 Å². The van der Waals surface area contributed by atoms with Gasteiger partial charge in [0, 0.05) is 5.69 Å². The lowest BCUT2D eigenvalue weighted by Crippen LogP contribution is -2.32. The van der Waals surface area contributed by atoms with Gasteiger partial charge in [-0.3, -0.25) is 9.59 Å². The summed E-state index contributed by atoms with van der Waals surface area (Å²) in [5.74, 6) is -0.476. The van der Waals surface area contributed by atoms with Crippen molar-refractivity contribution in [2.24, 2.45) is 5.10 Å². The van der Waals surface area contributed by atoms with E-state index in [1.165, 1.54) is 13.3 Å². The zero-order valence-electron chi connectivity index (χ0n) is 15.8. The maximum Gasteiger partial charge on any atom is 0.329 e. The fraction of sp³-hybridized carbons (Fsp3) is 0.250. The Bertz CT molecular complexity index is 862. The molecule has 2 amide bonds. The molecule has 0 bridgehead atoms. The predicted molar refractivity (Wildman–Crippen MR) is 104 cm³/mol. The van der Waals surface area contributed by atoms with Crippen molar-refractivity contribution in [1.29, 1.82) is 0 Å². The fourth-order valence-corrected chi connectivity index (χ4v) is 2.26. The first-order valence-electron chi connectivity index (χ1n) is 8.47. The highest BCUT2D eigenvalue weighted by molar-refractivity contribution is 6.39. The van der Waals surface area contributed by atoms with Gasteiger partial charge in [0.2, 0.25) is 0 Å². The van der Waals surface area contributed by atoms with E-state index in [2.05, 4.69) is 15.8 Å². The maximum absolute atomic E-state index is 11.9. The summed E-state index contributed by atoms with van der Waals surface area (Å²) in [5, 5.41) is 6.34. The number of nitrogens with one attached hydrogen (secondary N) is 2. The Labute approximate surface area is 158 Å². The molecule has 0 saturated carbocycles. The molecule has 0 spiro atoms.